The highest BCUT2D eigenvalue weighted by Crippen LogP contribution is 2.32. The first-order chi connectivity index (χ1) is 10.8. The number of halogens is 1. The lowest BCUT2D eigenvalue weighted by Crippen LogP contribution is -2.35. The van der Waals surface area contributed by atoms with Crippen LogP contribution in [0.5, 0.6) is 0 Å². The van der Waals surface area contributed by atoms with Gasteiger partial charge in [-0.3, -0.25) is 0 Å². The largest absolute Gasteiger partial charge is 0.444 e. The highest BCUT2D eigenvalue weighted by Gasteiger charge is 2.15. The van der Waals surface area contributed by atoms with E-state index < -0.39 is 11.7 Å². The van der Waals surface area contributed by atoms with Gasteiger partial charge in [-0.2, -0.15) is 0 Å². The van der Waals surface area contributed by atoms with E-state index in [4.69, 9.17) is 22.1 Å². The van der Waals surface area contributed by atoms with Crippen molar-refractivity contribution in [3.63, 3.8) is 0 Å². The van der Waals surface area contributed by atoms with E-state index in [-0.39, 0.29) is 5.15 Å². The summed E-state index contributed by atoms with van der Waals surface area (Å²) in [6.45, 7) is 6.32. The van der Waals surface area contributed by atoms with Crippen molar-refractivity contribution in [3.8, 4) is 0 Å². The number of nitrogen functional groups attached to an aromatic ring is 1. The topological polar surface area (TPSA) is 89.3 Å². The molecule has 0 aliphatic carbocycles. The first kappa shape index (κ1) is 17.1. The Morgan fingerprint density at radius 2 is 2.00 bits per heavy atom. The van der Waals surface area contributed by atoms with Gasteiger partial charge in [0.05, 0.1) is 16.9 Å². The first-order valence-electron chi connectivity index (χ1n) is 7.32. The number of nitrogens with two attached hydrogens (primary N) is 1. The van der Waals surface area contributed by atoms with Gasteiger partial charge in [0.2, 0.25) is 0 Å². The third-order valence-corrected chi connectivity index (χ3v) is 3.27. The van der Waals surface area contributed by atoms with Gasteiger partial charge in [-0.15, -0.1) is 0 Å². The molecule has 7 heteroatoms. The van der Waals surface area contributed by atoms with Crippen LogP contribution in [0.3, 0.4) is 0 Å². The molecule has 0 radical (unpaired) electrons. The van der Waals surface area contributed by atoms with E-state index in [1.807, 2.05) is 45.0 Å². The molecule has 0 aliphatic heterocycles. The van der Waals surface area contributed by atoms with E-state index in [2.05, 4.69) is 15.6 Å². The Balaban J connectivity index is 2.00. The summed E-state index contributed by atoms with van der Waals surface area (Å²) in [4.78, 5) is 15.8. The Morgan fingerprint density at radius 3 is 2.70 bits per heavy atom. The van der Waals surface area contributed by atoms with Gasteiger partial charge >= 0.3 is 6.09 Å². The predicted octanol–water partition coefficient (Wildman–Crippen LogP) is 3.41. The summed E-state index contributed by atoms with van der Waals surface area (Å²) in [5.74, 6) is 0. The van der Waals surface area contributed by atoms with Gasteiger partial charge in [-0.1, -0.05) is 29.8 Å². The van der Waals surface area contributed by atoms with Gasteiger partial charge in [0.1, 0.15) is 5.60 Å². The molecule has 2 aromatic rings. The lowest BCUT2D eigenvalue weighted by atomic mass is 10.1. The highest BCUT2D eigenvalue weighted by molar-refractivity contribution is 6.33. The van der Waals surface area contributed by atoms with Crippen LogP contribution in [0.4, 0.5) is 16.2 Å². The average Bonchev–Trinajstić information content (AvgIpc) is 2.45. The van der Waals surface area contributed by atoms with Crippen molar-refractivity contribution in [2.75, 3.05) is 24.1 Å². The summed E-state index contributed by atoms with van der Waals surface area (Å²) in [7, 11) is 0. The summed E-state index contributed by atoms with van der Waals surface area (Å²) >= 11 is 6.06. The van der Waals surface area contributed by atoms with E-state index in [0.717, 1.165) is 10.9 Å². The average molecular weight is 337 g/mol. The number of amides is 1. The molecule has 1 aromatic heterocycles. The van der Waals surface area contributed by atoms with Crippen LogP contribution in [0.25, 0.3) is 10.9 Å². The monoisotopic (exact) mass is 336 g/mol. The maximum Gasteiger partial charge on any atom is 0.407 e. The fourth-order valence-corrected chi connectivity index (χ4v) is 2.24. The van der Waals surface area contributed by atoms with Gasteiger partial charge < -0.3 is 21.1 Å². The minimum absolute atomic E-state index is 0.256. The van der Waals surface area contributed by atoms with Crippen LogP contribution in [0.1, 0.15) is 20.8 Å². The number of para-hydroxylation sites is 1. The van der Waals surface area contributed by atoms with Crippen LogP contribution < -0.4 is 16.4 Å². The third kappa shape index (κ3) is 4.63. The molecule has 0 saturated heterocycles. The molecule has 0 saturated carbocycles. The van der Waals surface area contributed by atoms with Gasteiger partial charge in [0, 0.05) is 18.5 Å². The van der Waals surface area contributed by atoms with Gasteiger partial charge in [-0.25, -0.2) is 9.78 Å². The van der Waals surface area contributed by atoms with Gasteiger partial charge in [0.15, 0.2) is 5.15 Å². The maximum atomic E-state index is 11.6. The van der Waals surface area contributed by atoms with E-state index >= 15 is 0 Å². The lowest BCUT2D eigenvalue weighted by Gasteiger charge is -2.20. The normalized spacial score (nSPS) is 11.3. The number of nitrogens with zero attached hydrogens (tertiary/aromatic N) is 1. The Morgan fingerprint density at radius 1 is 1.30 bits per heavy atom. The smallest absolute Gasteiger partial charge is 0.407 e. The molecule has 1 heterocycles. The molecule has 0 atom stereocenters. The first-order valence-corrected chi connectivity index (χ1v) is 7.70. The fraction of sp³-hybridized carbons (Fsp3) is 0.375. The van der Waals surface area contributed by atoms with Crippen molar-refractivity contribution in [2.45, 2.75) is 26.4 Å². The van der Waals surface area contributed by atoms with Crippen molar-refractivity contribution >= 4 is 40.0 Å². The number of pyridine rings is 1. The lowest BCUT2D eigenvalue weighted by molar-refractivity contribution is 0.0530. The second-order valence-electron chi connectivity index (χ2n) is 6.06. The van der Waals surface area contributed by atoms with E-state index in [1.54, 1.807) is 0 Å². The molecule has 23 heavy (non-hydrogen) atoms. The number of hydrogen-bond acceptors (Lipinski definition) is 5. The zero-order valence-corrected chi connectivity index (χ0v) is 14.2. The van der Waals surface area contributed by atoms with Crippen molar-refractivity contribution in [1.29, 1.82) is 0 Å². The maximum absolute atomic E-state index is 11.6. The van der Waals surface area contributed by atoms with Crippen molar-refractivity contribution in [2.24, 2.45) is 0 Å². The summed E-state index contributed by atoms with van der Waals surface area (Å²) in [6, 6.07) is 7.57. The van der Waals surface area contributed by atoms with E-state index in [1.165, 1.54) is 0 Å². The molecule has 1 aromatic carbocycles. The van der Waals surface area contributed by atoms with Crippen LogP contribution in [-0.2, 0) is 4.74 Å². The van der Waals surface area contributed by atoms with E-state index in [9.17, 15) is 4.79 Å². The summed E-state index contributed by atoms with van der Waals surface area (Å²) < 4.78 is 5.17. The standard InChI is InChI=1S/C16H21ClN4O2/c1-16(2,3)23-15(22)20-9-8-19-13-10-6-4-5-7-11(10)21-14(17)12(13)18/h4-7H,8-9,18H2,1-3H3,(H,19,21)(H,20,22). The number of alkyl carbamates (subject to hydrolysis) is 1. The van der Waals surface area contributed by atoms with Crippen molar-refractivity contribution < 1.29 is 9.53 Å². The zero-order valence-electron chi connectivity index (χ0n) is 13.4. The summed E-state index contributed by atoms with van der Waals surface area (Å²) in [5, 5.41) is 7.01. The van der Waals surface area contributed by atoms with E-state index in [0.29, 0.717) is 24.5 Å². The Labute approximate surface area is 140 Å². The van der Waals surface area contributed by atoms with Crippen LogP contribution in [0, 0.1) is 0 Å². The molecule has 0 spiro atoms. The molecule has 0 bridgehead atoms. The minimum Gasteiger partial charge on any atom is -0.444 e. The summed E-state index contributed by atoms with van der Waals surface area (Å²) in [6.07, 6.45) is -0.454. The molecule has 2 rings (SSSR count). The molecule has 124 valence electrons. The summed E-state index contributed by atoms with van der Waals surface area (Å²) in [5.41, 5.74) is 7.35. The highest BCUT2D eigenvalue weighted by atomic mass is 35.5. The number of carbonyl (C=O) groups excluding carboxylic acids is 1. The third-order valence-electron chi connectivity index (χ3n) is 2.98. The SMILES string of the molecule is CC(C)(C)OC(=O)NCCNc1c(N)c(Cl)nc2ccccc12. The molecule has 6 nitrogen and oxygen atoms in total. The molecule has 0 unspecified atom stereocenters. The molecule has 1 amide bonds. The number of hydrogen-bond donors (Lipinski definition) is 3. The van der Waals surface area contributed by atoms with Crippen molar-refractivity contribution in [3.05, 3.63) is 29.4 Å². The number of fused-ring (bicyclic) bond motifs is 1. The number of rotatable bonds is 4. The molecular weight excluding hydrogens is 316 g/mol. The predicted molar refractivity (Wildman–Crippen MR) is 93.9 cm³/mol. The van der Waals surface area contributed by atoms with Crippen LogP contribution in [0.15, 0.2) is 24.3 Å². The van der Waals surface area contributed by atoms with Crippen LogP contribution >= 0.6 is 11.6 Å². The molecular formula is C16H21ClN4O2. The van der Waals surface area contributed by atoms with Gasteiger partial charge in [-0.05, 0) is 26.8 Å². The molecule has 0 aliphatic rings. The number of benzene rings is 1. The van der Waals surface area contributed by atoms with Crippen LogP contribution in [-0.4, -0.2) is 29.8 Å². The number of anilines is 2. The molecule has 4 N–H and O–H groups in total. The Bertz CT molecular complexity index is 713. The number of aromatic nitrogens is 1. The second-order valence-corrected chi connectivity index (χ2v) is 6.42. The Kier molecular flexibility index (Phi) is 5.15. The van der Waals surface area contributed by atoms with Crippen molar-refractivity contribution in [1.82, 2.24) is 10.3 Å². The Hall–Kier alpha value is -2.21. The zero-order chi connectivity index (χ0) is 17.0. The van der Waals surface area contributed by atoms with Gasteiger partial charge in [0.25, 0.3) is 0 Å². The number of nitrogens with one attached hydrogen (secondary N) is 2. The quantitative estimate of drug-likeness (QED) is 0.588. The van der Waals surface area contributed by atoms with Crippen LogP contribution in [0.2, 0.25) is 5.15 Å². The molecule has 0 fully saturated rings. The minimum atomic E-state index is -0.517. The number of ether oxygens (including phenoxy) is 1. The fourth-order valence-electron chi connectivity index (χ4n) is 2.05. The second kappa shape index (κ2) is 6.91. The number of carbonyl (C=O) groups is 1.